The Morgan fingerprint density at radius 1 is 1.37 bits per heavy atom. The standard InChI is InChI=1S/C12H15F4NO2/c1-2-3-10(18)11(17)8-6-7(4-5-9(8)13)19-12(14,15)16/h4-6,10-11,18H,2-3,17H2,1H3/t10-,11+/m1/s1. The Bertz CT molecular complexity index is 423. The van der Waals surface area contributed by atoms with Crippen molar-refractivity contribution in [2.24, 2.45) is 5.73 Å². The van der Waals surface area contributed by atoms with Gasteiger partial charge in [-0.3, -0.25) is 0 Å². The van der Waals surface area contributed by atoms with Crippen LogP contribution in [0.15, 0.2) is 18.2 Å². The van der Waals surface area contributed by atoms with E-state index in [-0.39, 0.29) is 5.56 Å². The molecule has 2 atom stereocenters. The lowest BCUT2D eigenvalue weighted by molar-refractivity contribution is -0.274. The van der Waals surface area contributed by atoms with Crippen LogP contribution in [0.3, 0.4) is 0 Å². The molecule has 7 heteroatoms. The molecule has 19 heavy (non-hydrogen) atoms. The van der Waals surface area contributed by atoms with E-state index in [0.29, 0.717) is 12.8 Å². The van der Waals surface area contributed by atoms with Gasteiger partial charge in [-0.25, -0.2) is 4.39 Å². The summed E-state index contributed by atoms with van der Waals surface area (Å²) in [7, 11) is 0. The first-order valence-corrected chi connectivity index (χ1v) is 5.73. The van der Waals surface area contributed by atoms with Gasteiger partial charge in [0.1, 0.15) is 11.6 Å². The van der Waals surface area contributed by atoms with Gasteiger partial charge in [-0.05, 0) is 24.6 Å². The lowest BCUT2D eigenvalue weighted by Gasteiger charge is -2.20. The fourth-order valence-electron chi connectivity index (χ4n) is 1.66. The molecule has 1 rings (SSSR count). The van der Waals surface area contributed by atoms with Crippen LogP contribution in [0.1, 0.15) is 31.4 Å². The molecule has 1 aromatic rings. The Morgan fingerprint density at radius 3 is 2.53 bits per heavy atom. The zero-order valence-corrected chi connectivity index (χ0v) is 10.2. The lowest BCUT2D eigenvalue weighted by atomic mass is 9.98. The Kier molecular flexibility index (Phi) is 5.13. The molecular formula is C12H15F4NO2. The van der Waals surface area contributed by atoms with Gasteiger partial charge in [0.05, 0.1) is 12.1 Å². The molecule has 0 heterocycles. The molecule has 0 aliphatic carbocycles. The Hall–Kier alpha value is -1.34. The zero-order chi connectivity index (χ0) is 14.6. The number of halogens is 4. The van der Waals surface area contributed by atoms with Crippen molar-refractivity contribution in [2.75, 3.05) is 0 Å². The quantitative estimate of drug-likeness (QED) is 0.816. The third-order valence-electron chi connectivity index (χ3n) is 2.56. The summed E-state index contributed by atoms with van der Waals surface area (Å²) in [6, 6.07) is 1.43. The Labute approximate surface area is 108 Å². The predicted octanol–water partition coefficient (Wildman–Crippen LogP) is 2.89. The van der Waals surface area contributed by atoms with Gasteiger partial charge in [-0.15, -0.1) is 13.2 Å². The number of alkyl halides is 3. The molecule has 3 N–H and O–H groups in total. The second-order valence-electron chi connectivity index (χ2n) is 4.11. The van der Waals surface area contributed by atoms with Crippen molar-refractivity contribution in [3.8, 4) is 5.75 Å². The van der Waals surface area contributed by atoms with Gasteiger partial charge in [0.25, 0.3) is 0 Å². The Balaban J connectivity index is 2.96. The highest BCUT2D eigenvalue weighted by Crippen LogP contribution is 2.28. The fraction of sp³-hybridized carbons (Fsp3) is 0.500. The maximum Gasteiger partial charge on any atom is 0.573 e. The SMILES string of the molecule is CCC[C@@H](O)[C@@H](N)c1cc(OC(F)(F)F)ccc1F. The maximum atomic E-state index is 13.5. The van der Waals surface area contributed by atoms with Crippen molar-refractivity contribution in [1.82, 2.24) is 0 Å². The van der Waals surface area contributed by atoms with E-state index in [2.05, 4.69) is 4.74 Å². The number of hydrogen-bond acceptors (Lipinski definition) is 3. The van der Waals surface area contributed by atoms with Gasteiger partial charge in [-0.1, -0.05) is 13.3 Å². The van der Waals surface area contributed by atoms with E-state index in [9.17, 15) is 22.7 Å². The Morgan fingerprint density at radius 2 is 2.00 bits per heavy atom. The van der Waals surface area contributed by atoms with E-state index in [0.717, 1.165) is 18.2 Å². The molecule has 0 bridgehead atoms. The van der Waals surface area contributed by atoms with E-state index in [1.165, 1.54) is 0 Å². The number of aliphatic hydroxyl groups is 1. The van der Waals surface area contributed by atoms with Crippen LogP contribution in [-0.2, 0) is 0 Å². The van der Waals surface area contributed by atoms with Crippen molar-refractivity contribution >= 4 is 0 Å². The van der Waals surface area contributed by atoms with Crippen LogP contribution in [0.4, 0.5) is 17.6 Å². The third-order valence-corrected chi connectivity index (χ3v) is 2.56. The largest absolute Gasteiger partial charge is 0.573 e. The number of hydrogen-bond donors (Lipinski definition) is 2. The van der Waals surface area contributed by atoms with Crippen molar-refractivity contribution in [2.45, 2.75) is 38.3 Å². The third kappa shape index (κ3) is 4.68. The first-order chi connectivity index (χ1) is 8.74. The summed E-state index contributed by atoms with van der Waals surface area (Å²) in [5, 5.41) is 9.66. The van der Waals surface area contributed by atoms with Crippen LogP contribution in [-0.4, -0.2) is 17.6 Å². The molecule has 3 nitrogen and oxygen atoms in total. The minimum atomic E-state index is -4.86. The van der Waals surface area contributed by atoms with Gasteiger partial charge in [0.2, 0.25) is 0 Å². The first kappa shape index (κ1) is 15.7. The van der Waals surface area contributed by atoms with E-state index >= 15 is 0 Å². The lowest BCUT2D eigenvalue weighted by Crippen LogP contribution is -2.27. The van der Waals surface area contributed by atoms with E-state index in [1.807, 2.05) is 0 Å². The van der Waals surface area contributed by atoms with Crippen molar-refractivity contribution in [3.05, 3.63) is 29.6 Å². The minimum Gasteiger partial charge on any atom is -0.406 e. The summed E-state index contributed by atoms with van der Waals surface area (Å²) < 4.78 is 53.4. The predicted molar refractivity (Wildman–Crippen MR) is 60.9 cm³/mol. The highest BCUT2D eigenvalue weighted by molar-refractivity contribution is 5.32. The smallest absolute Gasteiger partial charge is 0.406 e. The molecule has 0 aliphatic heterocycles. The van der Waals surface area contributed by atoms with Crippen molar-refractivity contribution in [3.63, 3.8) is 0 Å². The molecule has 108 valence electrons. The van der Waals surface area contributed by atoms with Crippen LogP contribution < -0.4 is 10.5 Å². The molecule has 0 radical (unpaired) electrons. The van der Waals surface area contributed by atoms with E-state index in [4.69, 9.17) is 5.73 Å². The van der Waals surface area contributed by atoms with Crippen LogP contribution in [0.2, 0.25) is 0 Å². The molecule has 1 aromatic carbocycles. The molecule has 0 unspecified atom stereocenters. The maximum absolute atomic E-state index is 13.5. The van der Waals surface area contributed by atoms with Crippen LogP contribution in [0.25, 0.3) is 0 Å². The zero-order valence-electron chi connectivity index (χ0n) is 10.2. The van der Waals surface area contributed by atoms with Gasteiger partial charge >= 0.3 is 6.36 Å². The molecule has 0 saturated carbocycles. The number of nitrogens with two attached hydrogens (primary N) is 1. The average Bonchev–Trinajstić information content (AvgIpc) is 2.29. The summed E-state index contributed by atoms with van der Waals surface area (Å²) in [4.78, 5) is 0. The number of ether oxygens (including phenoxy) is 1. The average molecular weight is 281 g/mol. The monoisotopic (exact) mass is 281 g/mol. The van der Waals surface area contributed by atoms with Gasteiger partial charge in [0.15, 0.2) is 0 Å². The molecule has 0 aromatic heterocycles. The van der Waals surface area contributed by atoms with Crippen LogP contribution in [0, 0.1) is 5.82 Å². The van der Waals surface area contributed by atoms with Gasteiger partial charge in [0, 0.05) is 5.56 Å². The first-order valence-electron chi connectivity index (χ1n) is 5.73. The van der Waals surface area contributed by atoms with Gasteiger partial charge in [-0.2, -0.15) is 0 Å². The molecule has 0 aliphatic rings. The van der Waals surface area contributed by atoms with E-state index in [1.54, 1.807) is 6.92 Å². The minimum absolute atomic E-state index is 0.206. The summed E-state index contributed by atoms with van der Waals surface area (Å²) in [6.07, 6.45) is -4.94. The second kappa shape index (κ2) is 6.21. The van der Waals surface area contributed by atoms with Crippen LogP contribution >= 0.6 is 0 Å². The molecule has 0 fully saturated rings. The van der Waals surface area contributed by atoms with E-state index < -0.39 is 30.1 Å². The number of rotatable bonds is 5. The summed E-state index contributed by atoms with van der Waals surface area (Å²) in [5.74, 6) is -1.35. The van der Waals surface area contributed by atoms with Crippen LogP contribution in [0.5, 0.6) is 5.75 Å². The molecule has 0 spiro atoms. The number of benzene rings is 1. The molecular weight excluding hydrogens is 266 g/mol. The molecule has 0 amide bonds. The summed E-state index contributed by atoms with van der Waals surface area (Å²) >= 11 is 0. The van der Waals surface area contributed by atoms with Crippen molar-refractivity contribution < 1.29 is 27.4 Å². The second-order valence-corrected chi connectivity index (χ2v) is 4.11. The fourth-order valence-corrected chi connectivity index (χ4v) is 1.66. The highest BCUT2D eigenvalue weighted by Gasteiger charge is 2.31. The number of aliphatic hydroxyl groups excluding tert-OH is 1. The highest BCUT2D eigenvalue weighted by atomic mass is 19.4. The topological polar surface area (TPSA) is 55.5 Å². The normalized spacial score (nSPS) is 15.1. The van der Waals surface area contributed by atoms with Crippen molar-refractivity contribution in [1.29, 1.82) is 0 Å². The summed E-state index contributed by atoms with van der Waals surface area (Å²) in [6.45, 7) is 1.80. The molecule has 0 saturated heterocycles. The summed E-state index contributed by atoms with van der Waals surface area (Å²) in [5.41, 5.74) is 5.43. The van der Waals surface area contributed by atoms with Gasteiger partial charge < -0.3 is 15.6 Å².